The summed E-state index contributed by atoms with van der Waals surface area (Å²) in [6, 6.07) is 69.6. The first-order chi connectivity index (χ1) is 53.7. The van der Waals surface area contributed by atoms with Crippen LogP contribution in [0.25, 0.3) is 33.3 Å². The summed E-state index contributed by atoms with van der Waals surface area (Å²) in [4.78, 5) is 74.1. The summed E-state index contributed by atoms with van der Waals surface area (Å²) >= 11 is 0. The molecule has 11 heteroatoms. The number of allylic oxidation sites excluding steroid dienone is 1. The van der Waals surface area contributed by atoms with E-state index in [4.69, 9.17) is 4.74 Å². The average Bonchev–Trinajstić information content (AvgIpc) is 1.58. The monoisotopic (exact) mass is 1530 g/mol. The van der Waals surface area contributed by atoms with E-state index in [2.05, 4.69) is 267 Å². The van der Waals surface area contributed by atoms with E-state index in [0.29, 0.717) is 12.1 Å². The van der Waals surface area contributed by atoms with Crippen LogP contribution in [-0.2, 0) is 18.3 Å². The Kier molecular flexibility index (Phi) is 36.2. The van der Waals surface area contributed by atoms with Crippen molar-refractivity contribution in [2.75, 3.05) is 24.4 Å². The Morgan fingerprint density at radius 1 is 0.395 bits per heavy atom. The van der Waals surface area contributed by atoms with Gasteiger partial charge in [0.1, 0.15) is 5.75 Å². The molecule has 13 rings (SSSR count). The van der Waals surface area contributed by atoms with Gasteiger partial charge in [-0.15, -0.1) is 0 Å². The molecule has 0 aliphatic heterocycles. The summed E-state index contributed by atoms with van der Waals surface area (Å²) in [5, 5.41) is 3.38. The number of Topliss-reactive ketones (excluding diaryl/α,β-unsaturated/α-hetero) is 1. The number of anilines is 3. The molecule has 11 nitrogen and oxygen atoms in total. The fourth-order valence-electron chi connectivity index (χ4n) is 13.7. The van der Waals surface area contributed by atoms with Gasteiger partial charge in [0, 0.05) is 50.1 Å². The standard InChI is InChI=1S/C19H14N2O4.C15H17N.C11H14O.C11H14.C10H13NO.C10H14.C9H12O.2C9H12/c1-9-4-10(2)6-11(5-9)21-18(24)14-7-12-13(8-15(14)19(21)25)17(23)20(3)16(12)22;1-12-9-13(2)11-15(10-12)16(3)14-7-5-4-6-8-14;1-4-11(12)10-6-8(2)5-9(3)7-10;1-4-5-11-7-9(2)6-10(3)8-11;1-7-4-8(2)6-10(5-7)11-9(3)12;1-4-10-6-8(2)5-9(3)7-10;1-7-4-8(2)6-9(5-7)10-3;1-7-4-8(2)6-9(3)5-7;1-7-4-5-8(2)9(3)6-7/h4-8H,1-3H3;4-11H,1-3H3;5-7H,4H2,1-3H3;4-8H,1-3H3;4-6H,1-3H3,(H,11,12);5-7H,4H2,1-3H3;4-6H,1-3H3;2*4-6H,1-3H3/b;;;5-4+;;;;;. The van der Waals surface area contributed by atoms with E-state index < -0.39 is 22.2 Å². The van der Waals surface area contributed by atoms with Crippen LogP contribution in [0.5, 0.6) is 5.75 Å². The van der Waals surface area contributed by atoms with Gasteiger partial charge in [-0.2, -0.15) is 0 Å². The second kappa shape index (κ2) is 44.4. The van der Waals surface area contributed by atoms with Crippen LogP contribution in [0.1, 0.15) is 167 Å². The van der Waals surface area contributed by atoms with Crippen LogP contribution in [0.15, 0.2) is 232 Å². The first kappa shape index (κ1) is 92.8. The number of carbonyl (C=O) groups is 2. The number of hydrogen-bond acceptors (Lipinski definition) is 8. The first-order valence-electron chi connectivity index (χ1n) is 39.0. The molecule has 596 valence electrons. The molecule has 0 fully saturated rings. The number of aromatic nitrogens is 2. The molecule has 0 aliphatic rings. The highest BCUT2D eigenvalue weighted by atomic mass is 16.5. The molecule has 0 saturated carbocycles. The van der Waals surface area contributed by atoms with Gasteiger partial charge < -0.3 is 15.0 Å². The van der Waals surface area contributed by atoms with Crippen LogP contribution in [0.2, 0.25) is 0 Å². The molecule has 1 N–H and O–H groups in total. The molecule has 1 amide bonds. The fraction of sp³-hybridized carbons (Fsp3) is 0.282. The summed E-state index contributed by atoms with van der Waals surface area (Å²) in [6.45, 7) is 49.2. The smallest absolute Gasteiger partial charge is 0.266 e. The van der Waals surface area contributed by atoms with Gasteiger partial charge in [0.15, 0.2) is 5.78 Å². The number of benzene rings is 11. The summed E-state index contributed by atoms with van der Waals surface area (Å²) in [6.07, 6.45) is 5.92. The number of nitrogens with one attached hydrogen (secondary N) is 1. The Balaban J connectivity index is 0.000000235. The highest BCUT2D eigenvalue weighted by Crippen LogP contribution is 2.26. The number of amides is 1. The second-order valence-electron chi connectivity index (χ2n) is 30.4. The van der Waals surface area contributed by atoms with E-state index in [1.807, 2.05) is 104 Å². The number of ether oxygens (including phenoxy) is 1. The third kappa shape index (κ3) is 29.7. The maximum Gasteiger partial charge on any atom is 0.266 e. The number of para-hydroxylation sites is 1. The zero-order chi connectivity index (χ0) is 85.0. The van der Waals surface area contributed by atoms with E-state index in [1.165, 1.54) is 138 Å². The highest BCUT2D eigenvalue weighted by Gasteiger charge is 2.20. The van der Waals surface area contributed by atoms with E-state index in [9.17, 15) is 28.8 Å². The predicted octanol–water partition coefficient (Wildman–Crippen LogP) is 24.0. The number of nitrogens with zero attached hydrogens (tertiary/aromatic N) is 3. The zero-order valence-electron chi connectivity index (χ0n) is 72.9. The van der Waals surface area contributed by atoms with Gasteiger partial charge >= 0.3 is 0 Å². The van der Waals surface area contributed by atoms with Gasteiger partial charge in [0.05, 0.1) is 34.3 Å². The quantitative estimate of drug-likeness (QED) is 0.141. The van der Waals surface area contributed by atoms with Crippen molar-refractivity contribution in [2.45, 2.75) is 179 Å². The van der Waals surface area contributed by atoms with Crippen molar-refractivity contribution in [1.82, 2.24) is 9.13 Å². The Labute approximate surface area is 679 Å². The molecule has 2 aromatic heterocycles. The van der Waals surface area contributed by atoms with Crippen molar-refractivity contribution >= 4 is 56.4 Å². The van der Waals surface area contributed by atoms with E-state index in [0.717, 1.165) is 54.8 Å². The van der Waals surface area contributed by atoms with Gasteiger partial charge in [0.2, 0.25) is 5.91 Å². The second-order valence-corrected chi connectivity index (χ2v) is 30.4. The number of rotatable bonds is 9. The lowest BCUT2D eigenvalue weighted by atomic mass is 10.0. The minimum Gasteiger partial charge on any atom is -0.497 e. The Hall–Kier alpha value is -11.8. The highest BCUT2D eigenvalue weighted by molar-refractivity contribution is 5.98. The van der Waals surface area contributed by atoms with Crippen molar-refractivity contribution in [1.29, 1.82) is 0 Å². The molecule has 11 aromatic carbocycles. The SMILES string of the molecule is C/C=C/c1cc(C)cc(C)c1.CC(=O)Nc1cc(C)cc(C)c1.CCC(=O)c1cc(C)cc(C)c1.CCc1cc(C)cc(C)c1.COc1cc(C)cc(C)c1.Cc1cc(C)cc(-n2c(=O)c3cc4c(=O)n(C)c(=O)c4cc3c2=O)c1.Cc1cc(C)cc(C)c1.Cc1cc(C)cc(N(C)c2ccccc2)c1.Cc1ccc(C)c(C)c1. The summed E-state index contributed by atoms with van der Waals surface area (Å²) in [7, 11) is 5.17. The topological polar surface area (TPSA) is 137 Å². The molecular weight excluding hydrogens is 1410 g/mol. The van der Waals surface area contributed by atoms with E-state index >= 15 is 0 Å². The number of carbonyl (C=O) groups excluding carboxylic acids is 2. The molecule has 0 spiro atoms. The Morgan fingerprint density at radius 3 is 1.12 bits per heavy atom. The van der Waals surface area contributed by atoms with Crippen LogP contribution in [0.3, 0.4) is 0 Å². The van der Waals surface area contributed by atoms with Gasteiger partial charge in [0.25, 0.3) is 22.2 Å². The normalized spacial score (nSPS) is 10.3. The van der Waals surface area contributed by atoms with Crippen molar-refractivity contribution in [3.05, 3.63) is 382 Å². The molecule has 2 heterocycles. The van der Waals surface area contributed by atoms with Crippen molar-refractivity contribution in [3.8, 4) is 11.4 Å². The third-order valence-electron chi connectivity index (χ3n) is 18.5. The van der Waals surface area contributed by atoms with Crippen molar-refractivity contribution < 1.29 is 14.3 Å². The van der Waals surface area contributed by atoms with Gasteiger partial charge in [-0.05, 0) is 304 Å². The molecule has 0 aliphatic carbocycles. The first-order valence-corrected chi connectivity index (χ1v) is 39.0. The maximum atomic E-state index is 12.8. The minimum absolute atomic E-state index is 0.0278. The van der Waals surface area contributed by atoms with Gasteiger partial charge in [-0.1, -0.05) is 203 Å². The van der Waals surface area contributed by atoms with Crippen LogP contribution in [0.4, 0.5) is 17.1 Å². The molecule has 0 atom stereocenters. The van der Waals surface area contributed by atoms with Gasteiger partial charge in [-0.25, -0.2) is 4.57 Å². The average molecular weight is 1530 g/mol. The third-order valence-corrected chi connectivity index (χ3v) is 18.5. The molecule has 0 bridgehead atoms. The number of hydrogen-bond donors (Lipinski definition) is 1. The minimum atomic E-state index is -0.484. The number of aryl methyl sites for hydroxylation is 21. The number of ketones is 1. The van der Waals surface area contributed by atoms with E-state index in [1.54, 1.807) is 19.2 Å². The number of methoxy groups -OCH3 is 1. The summed E-state index contributed by atoms with van der Waals surface area (Å²) < 4.78 is 7.15. The summed E-state index contributed by atoms with van der Waals surface area (Å²) in [5.74, 6) is 1.14. The Bertz CT molecular complexity index is 5360. The van der Waals surface area contributed by atoms with Crippen molar-refractivity contribution in [3.63, 3.8) is 0 Å². The molecule has 0 saturated heterocycles. The lowest BCUT2D eigenvalue weighted by molar-refractivity contribution is -0.114. The van der Waals surface area contributed by atoms with Gasteiger partial charge in [-0.3, -0.25) is 33.3 Å². The largest absolute Gasteiger partial charge is 0.497 e. The molecule has 0 unspecified atom stereocenters. The molecule has 13 aromatic rings. The Morgan fingerprint density at radius 2 is 0.754 bits per heavy atom. The lowest BCUT2D eigenvalue weighted by Crippen LogP contribution is -2.23. The lowest BCUT2D eigenvalue weighted by Gasteiger charge is -2.20. The predicted molar refractivity (Wildman–Crippen MR) is 488 cm³/mol. The van der Waals surface area contributed by atoms with Crippen molar-refractivity contribution in [2.24, 2.45) is 7.05 Å². The molecule has 0 radical (unpaired) electrons. The molecular formula is C103H122N4O7. The number of fused-ring (bicyclic) bond motifs is 2. The van der Waals surface area contributed by atoms with Crippen LogP contribution in [0, 0.1) is 138 Å². The molecule has 114 heavy (non-hydrogen) atoms. The van der Waals surface area contributed by atoms with Crippen LogP contribution < -0.4 is 37.2 Å². The van der Waals surface area contributed by atoms with Crippen LogP contribution >= 0.6 is 0 Å². The maximum absolute atomic E-state index is 12.8. The fourth-order valence-corrected chi connectivity index (χ4v) is 13.7. The van der Waals surface area contributed by atoms with E-state index in [-0.39, 0.29) is 33.2 Å². The zero-order valence-corrected chi connectivity index (χ0v) is 72.9. The van der Waals surface area contributed by atoms with Crippen LogP contribution in [-0.4, -0.2) is 35.0 Å². The summed E-state index contributed by atoms with van der Waals surface area (Å²) in [5.41, 5.74) is 30.7.